The van der Waals surface area contributed by atoms with Crippen LogP contribution < -0.4 is 44.0 Å². The van der Waals surface area contributed by atoms with Crippen LogP contribution >= 0.6 is 50.7 Å². The Morgan fingerprint density at radius 2 is 0.888 bits per heavy atom. The molecular weight excluding hydrogens is 2360 g/mol. The molecule has 116 heavy (non-hydrogen) atoms. The molecule has 0 bridgehead atoms. The second-order valence-corrected chi connectivity index (χ2v) is 25.6. The molecule has 0 saturated carbocycles. The van der Waals surface area contributed by atoms with Crippen molar-refractivity contribution in [3.63, 3.8) is 0 Å². The van der Waals surface area contributed by atoms with Crippen LogP contribution in [0.4, 0.5) is 43.4 Å². The van der Waals surface area contributed by atoms with Gasteiger partial charge in [-0.05, 0) is 158 Å². The maximum atomic E-state index is 13.0. The number of nitrogens with zero attached hydrogens (tertiary/aromatic N) is 2. The zero-order valence-corrected chi connectivity index (χ0v) is 76.1. The number of phenolic OH excluding ortho intramolecular Hbond substituents is 1. The van der Waals surface area contributed by atoms with E-state index in [2.05, 4.69) is 51.4 Å². The largest absolute Gasteiger partial charge is 0.507 e. The molecule has 12 rings (SSSR count). The molecule has 2 aliphatic rings. The number of amides is 2. The minimum Gasteiger partial charge on any atom is -0.507 e. The molecule has 0 spiro atoms. The van der Waals surface area contributed by atoms with E-state index in [1.165, 1.54) is 81.8 Å². The van der Waals surface area contributed by atoms with Gasteiger partial charge in [0.05, 0.1) is 108 Å². The summed E-state index contributed by atoms with van der Waals surface area (Å²) in [7, 11) is 11.9. The van der Waals surface area contributed by atoms with Crippen molar-refractivity contribution in [1.29, 1.82) is 0 Å². The van der Waals surface area contributed by atoms with Crippen LogP contribution in [0.25, 0.3) is 0 Å². The Morgan fingerprint density at radius 1 is 0.500 bits per heavy atom. The molecule has 2 heterocycles. The summed E-state index contributed by atoms with van der Waals surface area (Å²) >= 11 is 20.0. The normalized spacial score (nSPS) is 11.1. The summed E-state index contributed by atoms with van der Waals surface area (Å²) in [5.74, 6) is 0.686. The summed E-state index contributed by atoms with van der Waals surface area (Å²) < 4.78 is 117. The van der Waals surface area contributed by atoms with Gasteiger partial charge in [-0.1, -0.05) is 135 Å². The molecule has 0 unspecified atom stereocenters. The number of carbonyl (C=O) groups excluding carboxylic acids is 5. The van der Waals surface area contributed by atoms with Crippen molar-refractivity contribution in [3.05, 3.63) is 292 Å². The Morgan fingerprint density at radius 3 is 1.28 bits per heavy atom. The van der Waals surface area contributed by atoms with E-state index in [0.29, 0.717) is 83.7 Å². The number of nitrogens with two attached hydrogens (primary N) is 1. The van der Waals surface area contributed by atoms with Crippen molar-refractivity contribution < 1.29 is 103 Å². The first-order chi connectivity index (χ1) is 53.5. The van der Waals surface area contributed by atoms with E-state index in [-0.39, 0.29) is 53.3 Å². The molecule has 0 atom stereocenters. The van der Waals surface area contributed by atoms with Gasteiger partial charge in [0, 0.05) is 16.7 Å². The summed E-state index contributed by atoms with van der Waals surface area (Å²) in [5.41, 5.74) is 13.8. The predicted octanol–water partition coefficient (Wildman–Crippen LogP) is 20.5. The van der Waals surface area contributed by atoms with Gasteiger partial charge in [0.2, 0.25) is 0 Å². The maximum Gasteiger partial charge on any atom is 0.417 e. The number of benzene rings is 10. The number of hydrogen-bond acceptors (Lipinski definition) is 16. The molecular formula is C84H80BrCf3Cl3F6N3O16-. The van der Waals surface area contributed by atoms with Gasteiger partial charge in [0.1, 0.15) is 56.9 Å². The van der Waals surface area contributed by atoms with Crippen LogP contribution in [0.15, 0.2) is 182 Å². The van der Waals surface area contributed by atoms with Gasteiger partial charge in [-0.15, -0.1) is 17.7 Å². The zero-order chi connectivity index (χ0) is 84.2. The van der Waals surface area contributed by atoms with Crippen LogP contribution in [0.5, 0.6) is 40.2 Å². The Bertz CT molecular complexity index is 4950. The Hall–Kier alpha value is -14.5. The van der Waals surface area contributed by atoms with Crippen LogP contribution in [-0.4, -0.2) is 103 Å². The van der Waals surface area contributed by atoms with Crippen molar-refractivity contribution in [2.24, 2.45) is 0 Å². The number of aldehydes is 1. The predicted molar refractivity (Wildman–Crippen MR) is 426 cm³/mol. The molecule has 10 aromatic carbocycles. The zero-order valence-electron chi connectivity index (χ0n) is 64.3. The Labute approximate surface area is 673 Å². The second-order valence-electron chi connectivity index (χ2n) is 23.8. The first-order valence-electron chi connectivity index (χ1n) is 33.4. The summed E-state index contributed by atoms with van der Waals surface area (Å²) in [5, 5.41) is 18.9. The van der Waals surface area contributed by atoms with E-state index in [0.717, 1.165) is 53.0 Å². The molecule has 0 aromatic heterocycles. The van der Waals surface area contributed by atoms with E-state index in [1.807, 2.05) is 62.4 Å². The van der Waals surface area contributed by atoms with Crippen molar-refractivity contribution in [3.8, 4) is 40.2 Å². The molecule has 32 heteroatoms. The molecule has 19 nitrogen and oxygen atoms in total. The van der Waals surface area contributed by atoms with E-state index >= 15 is 0 Å². The number of aromatic carboxylic acids is 1. The molecule has 0 aliphatic carbocycles. The van der Waals surface area contributed by atoms with Crippen molar-refractivity contribution in [2.75, 3.05) is 72.4 Å². The molecule has 0 fully saturated rings. The van der Waals surface area contributed by atoms with E-state index in [1.54, 1.807) is 106 Å². The summed E-state index contributed by atoms with van der Waals surface area (Å²) in [6, 6.07) is 51.8. The standard InChI is InChI=1S/C16H11ClF3NO2.C15H9ClF3NO2.C10H11BrO3.C10H12O3.C9H10O3.C9H10O2.C9H12O.C6H5ClN.3Cf/c1-23-13-4-2-3-9-8-21(15(22)14(9)13)10-5-6-12(17)11(7-10)16(18,19)20;16-11-5-4-9(6-10(11)15(17,18)19)20-7-8-2-1-3-12(21)13(8)14(20)22;1-13-8-5-3-4-7(6-11)9(8)10(12)14-2;1-7-5-4-6-8(12-2)9(7)10(11)13-3;1-6-4-3-5-7(12-2)8(6)9(10)11;1-7-4-3-5-9(11-2)8(7)6-10;1-7-5-4-6-9(10-3)8(7)2;7-5-1-3-6(8)4-2-5;;;/h2-7H,8H2,1H3;1-6,21H,7H2;3-5H,6H2,1-2H3;4-6H,1-3H3;3-5H,1-2H3,(H,10,11);3-6H,1-2H3;4-6H,1-3H3;1,3-4H,8H2;;;/q;;;;;;;-1;;;. The van der Waals surface area contributed by atoms with Gasteiger partial charge in [-0.25, -0.2) is 14.4 Å². The van der Waals surface area contributed by atoms with E-state index < -0.39 is 51.3 Å². The average molecular weight is 2440 g/mol. The summed E-state index contributed by atoms with van der Waals surface area (Å²) in [6.07, 6.45) is -8.38. The van der Waals surface area contributed by atoms with Gasteiger partial charge in [-0.3, -0.25) is 14.4 Å². The number of phenols is 1. The van der Waals surface area contributed by atoms with Crippen LogP contribution in [0.3, 0.4) is 0 Å². The van der Waals surface area contributed by atoms with Crippen LogP contribution in [-0.2, 0) is 40.2 Å². The number of fused-ring (bicyclic) bond motifs is 2. The van der Waals surface area contributed by atoms with Gasteiger partial charge < -0.3 is 63.6 Å². The average Bonchev–Trinajstić information content (AvgIpc) is 1.62. The number of carbonyl (C=O) groups is 6. The number of anilines is 3. The summed E-state index contributed by atoms with van der Waals surface area (Å²) in [4.78, 5) is 71.3. The fourth-order valence-electron chi connectivity index (χ4n) is 10.9. The number of nitrogen functional groups attached to an aromatic ring is 1. The molecule has 0 saturated heterocycles. The molecule has 10 aromatic rings. The first kappa shape index (κ1) is 97.6. The SMILES string of the molecule is COC(=O)c1c(C)cccc1OC.COC(=O)c1c(CBr)cccc1OC.COc1cccc(C)c1C.COc1cccc(C)c1C(=O)O.COc1cccc(C)c1C=O.COc1cccc2c1C(=O)N(c1ccc(Cl)c(C(F)(F)F)c1)C2.Nc1c[c-]c(Cl)cc1.O=C1c2c(O)cccc2CN1c1ccc(Cl)c(C(F)(F)F)c1.[Cf].[Cf].[Cf]. The molecule has 0 radical (unpaired) electrons. The van der Waals surface area contributed by atoms with Gasteiger partial charge in [0.15, 0.2) is 6.29 Å². The van der Waals surface area contributed by atoms with Crippen molar-refractivity contribution in [2.45, 2.75) is 65.4 Å². The van der Waals surface area contributed by atoms with Gasteiger partial charge in [0.25, 0.3) is 11.8 Å². The minimum atomic E-state index is -4.61. The van der Waals surface area contributed by atoms with Crippen molar-refractivity contribution in [1.82, 2.24) is 0 Å². The number of ether oxygens (including phenoxy) is 8. The van der Waals surface area contributed by atoms with E-state index in [4.69, 9.17) is 74.1 Å². The Balaban J connectivity index is 0.000000459. The van der Waals surface area contributed by atoms with Crippen LogP contribution in [0.1, 0.15) is 118 Å². The Kier molecular flexibility index (Phi) is 38.0. The van der Waals surface area contributed by atoms with E-state index in [9.17, 15) is 60.2 Å². The number of halogens is 10. The first-order valence-corrected chi connectivity index (χ1v) is 35.7. The minimum absolute atomic E-state index is 0. The fourth-order valence-corrected chi connectivity index (χ4v) is 11.9. The number of methoxy groups -OCH3 is 8. The number of rotatable bonds is 13. The number of carboxylic acid groups (broad SMARTS) is 1. The number of hydrogen-bond donors (Lipinski definition) is 3. The number of carboxylic acids is 1. The molecule has 2 amide bonds. The number of aromatic hydroxyl groups is 1. The van der Waals surface area contributed by atoms with Crippen LogP contribution in [0.2, 0.25) is 15.1 Å². The molecule has 2 aliphatic heterocycles. The fraction of sp³-hybridized carbons (Fsp3) is 0.214. The van der Waals surface area contributed by atoms with Crippen LogP contribution in [0, 0.1) is 40.7 Å². The van der Waals surface area contributed by atoms with Gasteiger partial charge in [-0.2, -0.15) is 44.5 Å². The molecule has 4 N–H and O–H groups in total. The smallest absolute Gasteiger partial charge is 0.417 e. The van der Waals surface area contributed by atoms with Gasteiger partial charge >= 0.3 is 30.3 Å². The topological polar surface area (TPSA) is 249 Å². The number of aryl methyl sites for hydroxylation is 4. The molecule has 628 valence electrons. The third-order valence-corrected chi connectivity index (χ3v) is 18.2. The second kappa shape index (κ2) is 45.2. The number of esters is 2. The number of alkyl halides is 7. The third-order valence-electron chi connectivity index (χ3n) is 16.7. The van der Waals surface area contributed by atoms with Crippen molar-refractivity contribution >= 4 is 104 Å². The monoisotopic (exact) mass is 2430 g/mol. The third kappa shape index (κ3) is 25.3. The quantitative estimate of drug-likeness (QED) is 0.0242. The summed E-state index contributed by atoms with van der Waals surface area (Å²) in [6.45, 7) is 9.89. The maximum absolute atomic E-state index is 13.0.